The molecule has 0 aliphatic heterocycles. The van der Waals surface area contributed by atoms with Crippen molar-refractivity contribution in [1.82, 2.24) is 5.32 Å². The van der Waals surface area contributed by atoms with E-state index in [9.17, 15) is 0 Å². The maximum Gasteiger partial charge on any atom is 0.500 e. The van der Waals surface area contributed by atoms with E-state index in [1.165, 1.54) is 17.3 Å². The van der Waals surface area contributed by atoms with Crippen LogP contribution in [0.25, 0.3) is 0 Å². The summed E-state index contributed by atoms with van der Waals surface area (Å²) in [5, 5.41) is 6.97. The van der Waals surface area contributed by atoms with Crippen LogP contribution in [0.15, 0.2) is 6.07 Å². The number of benzene rings is 1. The highest BCUT2D eigenvalue weighted by molar-refractivity contribution is 6.76. The van der Waals surface area contributed by atoms with E-state index in [0.29, 0.717) is 19.8 Å². The third-order valence-corrected chi connectivity index (χ3v) is 19.2. The summed E-state index contributed by atoms with van der Waals surface area (Å²) in [5.74, 6) is 0. The van der Waals surface area contributed by atoms with E-state index in [-0.39, 0.29) is 5.54 Å². The van der Waals surface area contributed by atoms with Gasteiger partial charge in [0.25, 0.3) is 0 Å². The number of anilines is 1. The molecule has 1 atom stereocenters. The Morgan fingerprint density at radius 1 is 0.907 bits per heavy atom. The molecule has 0 saturated carbocycles. The van der Waals surface area contributed by atoms with Crippen LogP contribution in [0.3, 0.4) is 0 Å². The number of rotatable bonds is 24. The number of nitrogens with one attached hydrogen (secondary N) is 1. The van der Waals surface area contributed by atoms with Crippen LogP contribution in [0.5, 0.6) is 0 Å². The molecule has 0 aromatic heterocycles. The van der Waals surface area contributed by atoms with E-state index in [1.54, 1.807) is 15.9 Å². The Labute approximate surface area is 273 Å². The molecule has 1 rings (SSSR count). The molecule has 1 aromatic carbocycles. The van der Waals surface area contributed by atoms with Crippen LogP contribution in [0.1, 0.15) is 64.6 Å². The zero-order chi connectivity index (χ0) is 32.6. The second kappa shape index (κ2) is 20.9. The molecule has 7 nitrogen and oxygen atoms in total. The van der Waals surface area contributed by atoms with Gasteiger partial charge in [0.2, 0.25) is 0 Å². The van der Waals surface area contributed by atoms with Gasteiger partial charge in [0, 0.05) is 64.4 Å². The Hall–Kier alpha value is -0.136. The van der Waals surface area contributed by atoms with Crippen LogP contribution in [0.4, 0.5) is 5.69 Å². The summed E-state index contributed by atoms with van der Waals surface area (Å²) in [4.78, 5) is 2.60. The highest BCUT2D eigenvalue weighted by atomic mass is 28.4. The zero-order valence-corrected chi connectivity index (χ0v) is 34.9. The lowest BCUT2D eigenvalue weighted by molar-refractivity contribution is 0.0708. The lowest BCUT2D eigenvalue weighted by Crippen LogP contribution is -2.47. The summed E-state index contributed by atoms with van der Waals surface area (Å²) >= 11 is 0. The molecular weight excluding hydrogens is 621 g/mol. The smallest absolute Gasteiger partial charge is 0.397 e. The van der Waals surface area contributed by atoms with Gasteiger partial charge >= 0.3 is 17.4 Å². The predicted octanol–water partition coefficient (Wildman–Crippen LogP) is 5.11. The number of nitrogens with zero attached hydrogens (tertiary/aromatic N) is 1. The third kappa shape index (κ3) is 11.6. The zero-order valence-electron chi connectivity index (χ0n) is 29.9. The molecule has 1 aromatic rings. The Bertz CT molecular complexity index is 900. The molecule has 1 unspecified atom stereocenters. The van der Waals surface area contributed by atoms with E-state index in [2.05, 4.69) is 69.8 Å². The molecule has 0 aliphatic rings. The fourth-order valence-corrected chi connectivity index (χ4v) is 14.1. The first-order chi connectivity index (χ1) is 20.5. The lowest BCUT2D eigenvalue weighted by atomic mass is 10.0. The fourth-order valence-electron chi connectivity index (χ4n) is 5.82. The molecule has 1 N–H and O–H groups in total. The van der Waals surface area contributed by atoms with Crippen molar-refractivity contribution in [3.8, 4) is 0 Å². The van der Waals surface area contributed by atoms with Gasteiger partial charge in [0.1, 0.15) is 0 Å². The average molecular weight is 685 g/mol. The highest BCUT2D eigenvalue weighted by Gasteiger charge is 2.41. The van der Waals surface area contributed by atoms with Crippen molar-refractivity contribution < 1.29 is 22.1 Å². The molecular formula is C31H64N2O5Si5. The van der Waals surface area contributed by atoms with Gasteiger partial charge in [-0.15, -0.1) is 0 Å². The standard InChI is InChI=1S/C31H64N2O5Si5/c1-14-33(15-2)30-28(26(6)42(13,34-7)35-8)24-29(40(9)10)27(31(30)41(11)12)20-22-39-25-32-21-19-23-43(36-16-3,37-17-4)38-18-5/h24,26,32H,14-23,25H2,1-13H3. The van der Waals surface area contributed by atoms with Crippen LogP contribution in [-0.4, -0.2) is 104 Å². The largest absolute Gasteiger partial charge is 0.500 e. The molecule has 12 heteroatoms. The van der Waals surface area contributed by atoms with Gasteiger partial charge in [0.05, 0.1) is 27.1 Å². The maximum atomic E-state index is 6.10. The lowest BCUT2D eigenvalue weighted by Gasteiger charge is -2.37. The quantitative estimate of drug-likeness (QED) is 0.120. The molecule has 0 fully saturated rings. The minimum atomic E-state index is -2.55. The molecule has 0 amide bonds. The van der Waals surface area contributed by atoms with Crippen LogP contribution in [-0.2, 0) is 28.6 Å². The number of hydrogen-bond acceptors (Lipinski definition) is 7. The van der Waals surface area contributed by atoms with E-state index in [4.69, 9.17) is 22.1 Å². The van der Waals surface area contributed by atoms with Crippen molar-refractivity contribution in [2.75, 3.05) is 64.7 Å². The normalized spacial score (nSPS) is 13.4. The molecule has 0 spiro atoms. The molecule has 0 saturated heterocycles. The van der Waals surface area contributed by atoms with Gasteiger partial charge < -0.3 is 32.3 Å². The molecule has 0 aliphatic carbocycles. The van der Waals surface area contributed by atoms with E-state index in [1.807, 2.05) is 35.0 Å². The van der Waals surface area contributed by atoms with Crippen LogP contribution < -0.4 is 20.6 Å². The Morgan fingerprint density at radius 2 is 1.47 bits per heavy atom. The van der Waals surface area contributed by atoms with Gasteiger partial charge in [-0.25, -0.2) is 0 Å². The summed E-state index contributed by atoms with van der Waals surface area (Å²) in [6.07, 6.45) is 3.24. The van der Waals surface area contributed by atoms with Crippen molar-refractivity contribution in [3.05, 3.63) is 17.2 Å². The Kier molecular flexibility index (Phi) is 19.9. The second-order valence-corrected chi connectivity index (χ2v) is 24.4. The first-order valence-electron chi connectivity index (χ1n) is 16.4. The highest BCUT2D eigenvalue weighted by Crippen LogP contribution is 2.35. The third-order valence-electron chi connectivity index (χ3n) is 8.35. The van der Waals surface area contributed by atoms with Crippen LogP contribution >= 0.6 is 0 Å². The minimum absolute atomic E-state index is 0.244. The van der Waals surface area contributed by atoms with Gasteiger partial charge in [-0.3, -0.25) is 0 Å². The topological polar surface area (TPSA) is 61.4 Å². The van der Waals surface area contributed by atoms with E-state index in [0.717, 1.165) is 54.2 Å². The van der Waals surface area contributed by atoms with Gasteiger partial charge in [-0.05, 0) is 83.0 Å². The first-order valence-corrected chi connectivity index (χ1v) is 27.2. The van der Waals surface area contributed by atoms with Crippen molar-refractivity contribution in [2.24, 2.45) is 0 Å². The van der Waals surface area contributed by atoms with Crippen LogP contribution in [0, 0.1) is 0 Å². The first kappa shape index (κ1) is 40.9. The van der Waals surface area contributed by atoms with Crippen molar-refractivity contribution >= 4 is 60.5 Å². The summed E-state index contributed by atoms with van der Waals surface area (Å²) < 4.78 is 30.3. The van der Waals surface area contributed by atoms with Crippen molar-refractivity contribution in [1.29, 1.82) is 0 Å². The summed E-state index contributed by atoms with van der Waals surface area (Å²) in [5.41, 5.74) is 4.83. The van der Waals surface area contributed by atoms with Gasteiger partial charge in [-0.2, -0.15) is 0 Å². The molecule has 0 bridgehead atoms. The second-order valence-electron chi connectivity index (χ2n) is 11.5. The van der Waals surface area contributed by atoms with Gasteiger partial charge in [-0.1, -0.05) is 50.4 Å². The molecule has 0 heterocycles. The SMILES string of the molecule is CCO[Si](CCCNC[Si]CCc1c([Si](C)C)cc(C(C)[Si](C)(OC)OC)c(N(CC)CC)c1[Si](C)C)(OCC)OCC. The van der Waals surface area contributed by atoms with E-state index >= 15 is 0 Å². The number of hydrogen-bond donors (Lipinski definition) is 1. The Morgan fingerprint density at radius 3 is 1.91 bits per heavy atom. The summed E-state index contributed by atoms with van der Waals surface area (Å²) in [6, 6.07) is 4.67. The van der Waals surface area contributed by atoms with Gasteiger partial charge in [0.15, 0.2) is 0 Å². The maximum absolute atomic E-state index is 6.10. The van der Waals surface area contributed by atoms with E-state index < -0.39 is 35.0 Å². The van der Waals surface area contributed by atoms with Crippen molar-refractivity contribution in [2.45, 2.75) is 105 Å². The molecule has 43 heavy (non-hydrogen) atoms. The summed E-state index contributed by atoms with van der Waals surface area (Å²) in [7, 11) is -1.77. The monoisotopic (exact) mass is 684 g/mol. The molecule has 4 radical (unpaired) electrons. The minimum Gasteiger partial charge on any atom is -0.397 e. The molecule has 248 valence electrons. The summed E-state index contributed by atoms with van der Waals surface area (Å²) in [6.45, 7) is 30.0. The van der Waals surface area contributed by atoms with Crippen LogP contribution in [0.2, 0.25) is 44.8 Å². The Balaban J connectivity index is 3.17. The van der Waals surface area contributed by atoms with Crippen molar-refractivity contribution in [3.63, 3.8) is 0 Å². The predicted molar refractivity (Wildman–Crippen MR) is 195 cm³/mol. The average Bonchev–Trinajstić information content (AvgIpc) is 2.98. The fraction of sp³-hybridized carbons (Fsp3) is 0.806.